The smallest absolute Gasteiger partial charge is 0.135 e. The predicted molar refractivity (Wildman–Crippen MR) is 120 cm³/mol. The van der Waals surface area contributed by atoms with Gasteiger partial charge in [0.2, 0.25) is 0 Å². The summed E-state index contributed by atoms with van der Waals surface area (Å²) in [6.07, 6.45) is 0. The lowest BCUT2D eigenvalue weighted by Gasteiger charge is -2.12. The Morgan fingerprint density at radius 2 is 0.929 bits per heavy atom. The normalized spacial score (nSPS) is 11.8. The largest absolute Gasteiger partial charge is 0.350 e. The van der Waals surface area contributed by atoms with Crippen LogP contribution in [-0.4, -0.2) is 19.3 Å². The van der Waals surface area contributed by atoms with E-state index in [4.69, 9.17) is 0 Å². The molecule has 2 heterocycles. The minimum absolute atomic E-state index is 0.454. The van der Waals surface area contributed by atoms with Gasteiger partial charge in [0.15, 0.2) is 0 Å². The van der Waals surface area contributed by atoms with Gasteiger partial charge in [-0.3, -0.25) is 0 Å². The number of fused-ring (bicyclic) bond motifs is 1. The average molecular weight is 383 g/mol. The van der Waals surface area contributed by atoms with E-state index >= 15 is 0 Å². The minimum Gasteiger partial charge on any atom is -0.350 e. The molecule has 0 saturated heterocycles. The van der Waals surface area contributed by atoms with E-state index in [-0.39, 0.29) is 0 Å². The van der Waals surface area contributed by atoms with Gasteiger partial charge in [0.05, 0.1) is 0 Å². The standard InChI is InChI=1S/C15H21N.C9H17N3/c1-10(2)14-12-8-6-7-9-13(12)15(11(3)4)16(14)5;1-6(2)8-10-11-9(7(3)4)12(8)5/h6-11H,1-5H3;6-7H,1-5H3. The molecule has 0 unspecified atom stereocenters. The number of benzene rings is 1. The zero-order valence-electron chi connectivity index (χ0n) is 19.4. The van der Waals surface area contributed by atoms with Crippen LogP contribution in [0.2, 0.25) is 0 Å². The van der Waals surface area contributed by atoms with Gasteiger partial charge in [-0.15, -0.1) is 10.2 Å². The third kappa shape index (κ3) is 4.31. The zero-order chi connectivity index (χ0) is 21.2. The van der Waals surface area contributed by atoms with Crippen molar-refractivity contribution in [1.29, 1.82) is 0 Å². The Labute approximate surface area is 171 Å². The molecule has 0 amide bonds. The van der Waals surface area contributed by atoms with Crippen LogP contribution in [0.15, 0.2) is 24.3 Å². The van der Waals surface area contributed by atoms with Crippen molar-refractivity contribution in [1.82, 2.24) is 19.3 Å². The monoisotopic (exact) mass is 382 g/mol. The van der Waals surface area contributed by atoms with Crippen LogP contribution in [-0.2, 0) is 14.1 Å². The van der Waals surface area contributed by atoms with Crippen LogP contribution in [0.1, 0.15) is 102 Å². The van der Waals surface area contributed by atoms with E-state index in [2.05, 4.69) is 106 Å². The van der Waals surface area contributed by atoms with Gasteiger partial charge >= 0.3 is 0 Å². The highest BCUT2D eigenvalue weighted by Crippen LogP contribution is 2.34. The van der Waals surface area contributed by atoms with Crippen LogP contribution in [0, 0.1) is 0 Å². The van der Waals surface area contributed by atoms with Crippen LogP contribution >= 0.6 is 0 Å². The molecule has 3 rings (SSSR count). The molecule has 0 aliphatic carbocycles. The van der Waals surface area contributed by atoms with Crippen LogP contribution in [0.3, 0.4) is 0 Å². The summed E-state index contributed by atoms with van der Waals surface area (Å²) in [5, 5.41) is 11.1. The van der Waals surface area contributed by atoms with Crippen LogP contribution in [0.5, 0.6) is 0 Å². The number of hydrogen-bond donors (Lipinski definition) is 0. The molecule has 2 aromatic heterocycles. The molecule has 154 valence electrons. The van der Waals surface area contributed by atoms with E-state index in [1.54, 1.807) is 0 Å². The number of nitrogens with zero attached hydrogens (tertiary/aromatic N) is 4. The summed E-state index contributed by atoms with van der Waals surface area (Å²) in [6.45, 7) is 17.6. The van der Waals surface area contributed by atoms with Crippen LogP contribution in [0.4, 0.5) is 0 Å². The molecule has 4 heteroatoms. The summed E-state index contributed by atoms with van der Waals surface area (Å²) in [5.41, 5.74) is 2.92. The van der Waals surface area contributed by atoms with Crippen LogP contribution < -0.4 is 0 Å². The molecule has 0 radical (unpaired) electrons. The van der Waals surface area contributed by atoms with Gasteiger partial charge in [-0.2, -0.15) is 0 Å². The second kappa shape index (κ2) is 8.93. The van der Waals surface area contributed by atoms with Crippen LogP contribution in [0.25, 0.3) is 10.8 Å². The minimum atomic E-state index is 0.454. The third-order valence-electron chi connectivity index (χ3n) is 5.27. The Kier molecular flexibility index (Phi) is 7.08. The van der Waals surface area contributed by atoms with Crippen molar-refractivity contribution in [3.8, 4) is 0 Å². The molecule has 0 spiro atoms. The second-order valence-corrected chi connectivity index (χ2v) is 8.97. The quantitative estimate of drug-likeness (QED) is 0.517. The predicted octanol–water partition coefficient (Wildman–Crippen LogP) is 6.49. The average Bonchev–Trinajstić information content (AvgIpc) is 3.12. The summed E-state index contributed by atoms with van der Waals surface area (Å²) in [6, 6.07) is 8.77. The molecule has 0 saturated carbocycles. The lowest BCUT2D eigenvalue weighted by Crippen LogP contribution is -2.04. The van der Waals surface area contributed by atoms with Gasteiger partial charge in [0.1, 0.15) is 11.6 Å². The molecule has 0 aliphatic heterocycles. The third-order valence-corrected chi connectivity index (χ3v) is 5.27. The van der Waals surface area contributed by atoms with Crippen molar-refractivity contribution in [3.05, 3.63) is 47.3 Å². The van der Waals surface area contributed by atoms with E-state index in [0.29, 0.717) is 23.7 Å². The fourth-order valence-electron chi connectivity index (χ4n) is 4.18. The lowest BCUT2D eigenvalue weighted by molar-refractivity contribution is 0.661. The molecule has 0 fully saturated rings. The Hall–Kier alpha value is -2.10. The first-order chi connectivity index (χ1) is 13.1. The molecule has 3 aromatic rings. The Morgan fingerprint density at radius 3 is 1.18 bits per heavy atom. The van der Waals surface area contributed by atoms with Crippen molar-refractivity contribution in [2.24, 2.45) is 14.1 Å². The molecule has 0 aliphatic rings. The summed E-state index contributed by atoms with van der Waals surface area (Å²) < 4.78 is 4.48. The zero-order valence-corrected chi connectivity index (χ0v) is 19.4. The maximum atomic E-state index is 4.15. The summed E-state index contributed by atoms with van der Waals surface area (Å²) >= 11 is 0. The van der Waals surface area contributed by atoms with Crippen molar-refractivity contribution < 1.29 is 0 Å². The van der Waals surface area contributed by atoms with E-state index in [1.165, 1.54) is 22.2 Å². The molecular formula is C24H38N4. The first-order valence-corrected chi connectivity index (χ1v) is 10.5. The number of aromatic nitrogens is 4. The highest BCUT2D eigenvalue weighted by molar-refractivity contribution is 5.89. The molecule has 0 atom stereocenters. The molecule has 28 heavy (non-hydrogen) atoms. The van der Waals surface area contributed by atoms with Crippen molar-refractivity contribution in [2.45, 2.75) is 79.1 Å². The maximum absolute atomic E-state index is 4.15. The Morgan fingerprint density at radius 1 is 0.571 bits per heavy atom. The van der Waals surface area contributed by atoms with E-state index in [1.807, 2.05) is 7.05 Å². The molecule has 4 nitrogen and oxygen atoms in total. The summed E-state index contributed by atoms with van der Waals surface area (Å²) in [7, 11) is 4.23. The van der Waals surface area contributed by atoms with Crippen molar-refractivity contribution >= 4 is 10.8 Å². The fraction of sp³-hybridized carbons (Fsp3) is 0.583. The Balaban J connectivity index is 0.000000209. The Bertz CT molecular complexity index is 840. The maximum Gasteiger partial charge on any atom is 0.135 e. The first kappa shape index (κ1) is 22.2. The fourth-order valence-corrected chi connectivity index (χ4v) is 4.18. The first-order valence-electron chi connectivity index (χ1n) is 10.5. The van der Waals surface area contributed by atoms with E-state index < -0.39 is 0 Å². The summed E-state index contributed by atoms with van der Waals surface area (Å²) in [5.74, 6) is 4.19. The van der Waals surface area contributed by atoms with E-state index in [9.17, 15) is 0 Å². The summed E-state index contributed by atoms with van der Waals surface area (Å²) in [4.78, 5) is 0. The molecule has 1 aromatic carbocycles. The topological polar surface area (TPSA) is 35.6 Å². The van der Waals surface area contributed by atoms with E-state index in [0.717, 1.165) is 11.6 Å². The second-order valence-electron chi connectivity index (χ2n) is 8.97. The SMILES string of the molecule is CC(C)c1c2ccccc2c(C(C)C)n1C.CC(C)c1nnc(C(C)C)n1C. The highest BCUT2D eigenvalue weighted by atomic mass is 15.3. The van der Waals surface area contributed by atoms with Gasteiger partial charge in [-0.05, 0) is 11.8 Å². The lowest BCUT2D eigenvalue weighted by atomic mass is 10.0. The number of hydrogen-bond acceptors (Lipinski definition) is 2. The van der Waals surface area contributed by atoms with Gasteiger partial charge in [0, 0.05) is 48.1 Å². The molecule has 0 bridgehead atoms. The van der Waals surface area contributed by atoms with Gasteiger partial charge < -0.3 is 9.13 Å². The molecular weight excluding hydrogens is 344 g/mol. The number of rotatable bonds is 4. The van der Waals surface area contributed by atoms with Crippen molar-refractivity contribution in [2.75, 3.05) is 0 Å². The highest BCUT2D eigenvalue weighted by Gasteiger charge is 2.17. The van der Waals surface area contributed by atoms with Gasteiger partial charge in [0.25, 0.3) is 0 Å². The van der Waals surface area contributed by atoms with Gasteiger partial charge in [-0.1, -0.05) is 79.7 Å². The van der Waals surface area contributed by atoms with Gasteiger partial charge in [-0.25, -0.2) is 0 Å². The molecule has 0 N–H and O–H groups in total. The van der Waals surface area contributed by atoms with Crippen molar-refractivity contribution in [3.63, 3.8) is 0 Å².